The van der Waals surface area contributed by atoms with Gasteiger partial charge in [0.2, 0.25) is 0 Å². The minimum absolute atomic E-state index is 0.0322. The molecule has 0 spiro atoms. The predicted molar refractivity (Wildman–Crippen MR) is 106 cm³/mol. The van der Waals surface area contributed by atoms with Gasteiger partial charge in [0.25, 0.3) is 0 Å². The summed E-state index contributed by atoms with van der Waals surface area (Å²) in [4.78, 5) is 0.421. The van der Waals surface area contributed by atoms with Gasteiger partial charge >= 0.3 is 0 Å². The highest BCUT2D eigenvalue weighted by atomic mass is 79.9. The van der Waals surface area contributed by atoms with Gasteiger partial charge in [0.05, 0.1) is 18.3 Å². The highest BCUT2D eigenvalue weighted by Gasteiger charge is 2.82. The van der Waals surface area contributed by atoms with E-state index < -0.39 is 14.1 Å². The quantitative estimate of drug-likeness (QED) is 0.479. The van der Waals surface area contributed by atoms with E-state index >= 15 is 0 Å². The Hall–Kier alpha value is 0.537. The first kappa shape index (κ1) is 18.6. The van der Waals surface area contributed by atoms with Crippen LogP contribution in [0.25, 0.3) is 0 Å². The lowest BCUT2D eigenvalue weighted by atomic mass is 9.67. The summed E-state index contributed by atoms with van der Waals surface area (Å²) in [7, 11) is -1.83. The zero-order valence-electron chi connectivity index (χ0n) is 17.0. The van der Waals surface area contributed by atoms with Crippen LogP contribution in [0.15, 0.2) is 0 Å². The highest BCUT2D eigenvalue weighted by molar-refractivity contribution is 9.09. The van der Waals surface area contributed by atoms with Crippen molar-refractivity contribution in [3.05, 3.63) is 0 Å². The molecule has 6 heteroatoms. The molecule has 2 aliphatic heterocycles. The van der Waals surface area contributed by atoms with Crippen molar-refractivity contribution in [1.82, 2.24) is 0 Å². The van der Waals surface area contributed by atoms with E-state index in [9.17, 15) is 0 Å². The van der Waals surface area contributed by atoms with Gasteiger partial charge in [-0.05, 0) is 50.2 Å². The van der Waals surface area contributed by atoms with E-state index in [4.69, 9.17) is 18.6 Å². The normalized spacial score (nSPS) is 53.5. The number of alkyl halides is 1. The van der Waals surface area contributed by atoms with Crippen molar-refractivity contribution >= 4 is 24.2 Å². The van der Waals surface area contributed by atoms with E-state index in [0.29, 0.717) is 28.7 Å². The van der Waals surface area contributed by atoms with E-state index in [2.05, 4.69) is 49.8 Å². The largest absolute Gasteiger partial charge is 0.416 e. The molecule has 0 radical (unpaired) electrons. The van der Waals surface area contributed by atoms with Gasteiger partial charge in [-0.25, -0.2) is 0 Å². The molecule has 4 nitrogen and oxygen atoms in total. The molecule has 26 heavy (non-hydrogen) atoms. The molecular weight excluding hydrogens is 412 g/mol. The fraction of sp³-hybridized carbons (Fsp3) is 1.00. The van der Waals surface area contributed by atoms with Crippen LogP contribution in [0.5, 0.6) is 0 Å². The number of halogens is 1. The second-order valence-electron chi connectivity index (χ2n) is 11.2. The molecule has 3 saturated carbocycles. The third-order valence-electron chi connectivity index (χ3n) is 8.56. The summed E-state index contributed by atoms with van der Waals surface area (Å²) < 4.78 is 26.3. The molecule has 148 valence electrons. The maximum Gasteiger partial charge on any atom is 0.192 e. The fourth-order valence-corrected chi connectivity index (χ4v) is 8.73. The molecule has 0 aromatic heterocycles. The molecule has 3 aliphatic carbocycles. The van der Waals surface area contributed by atoms with Gasteiger partial charge in [-0.15, -0.1) is 0 Å². The fourth-order valence-electron chi connectivity index (χ4n) is 6.46. The first-order valence-electron chi connectivity index (χ1n) is 10.2. The van der Waals surface area contributed by atoms with Crippen LogP contribution in [0.2, 0.25) is 18.1 Å². The number of ether oxygens (including phenoxy) is 3. The van der Waals surface area contributed by atoms with Crippen molar-refractivity contribution in [2.24, 2.45) is 23.2 Å². The van der Waals surface area contributed by atoms with E-state index in [0.717, 1.165) is 6.61 Å². The molecule has 9 atom stereocenters. The minimum Gasteiger partial charge on any atom is -0.416 e. The number of hydrogen-bond donors (Lipinski definition) is 0. The third kappa shape index (κ3) is 2.10. The Bertz CT molecular complexity index is 632. The molecule has 2 heterocycles. The second kappa shape index (κ2) is 5.17. The number of hydrogen-bond acceptors (Lipinski definition) is 4. The zero-order valence-corrected chi connectivity index (χ0v) is 19.6. The molecule has 0 aromatic rings. The Morgan fingerprint density at radius 1 is 1.12 bits per heavy atom. The topological polar surface area (TPSA) is 36.9 Å². The van der Waals surface area contributed by atoms with E-state index in [-0.39, 0.29) is 28.8 Å². The molecule has 5 aliphatic rings. The van der Waals surface area contributed by atoms with E-state index in [1.807, 2.05) is 13.8 Å². The van der Waals surface area contributed by atoms with Crippen LogP contribution in [0.4, 0.5) is 0 Å². The average molecular weight is 445 g/mol. The Balaban J connectivity index is 1.52. The summed E-state index contributed by atoms with van der Waals surface area (Å²) >= 11 is 4.01. The van der Waals surface area contributed by atoms with Crippen LogP contribution in [-0.2, 0) is 18.6 Å². The predicted octanol–water partition coefficient (Wildman–Crippen LogP) is 4.33. The third-order valence-corrected chi connectivity index (χ3v) is 14.2. The summed E-state index contributed by atoms with van der Waals surface area (Å²) in [6.07, 6.45) is 1.92. The summed E-state index contributed by atoms with van der Waals surface area (Å²) in [5.74, 6) is 1.20. The van der Waals surface area contributed by atoms with E-state index in [1.54, 1.807) is 0 Å². The molecule has 0 N–H and O–H groups in total. The van der Waals surface area contributed by atoms with Crippen LogP contribution in [0, 0.1) is 23.2 Å². The lowest BCUT2D eigenvalue weighted by Crippen LogP contribution is -2.55. The van der Waals surface area contributed by atoms with Crippen LogP contribution in [0.3, 0.4) is 0 Å². The van der Waals surface area contributed by atoms with Crippen molar-refractivity contribution in [3.8, 4) is 0 Å². The molecule has 0 aromatic carbocycles. The van der Waals surface area contributed by atoms with Gasteiger partial charge < -0.3 is 18.6 Å². The first-order valence-corrected chi connectivity index (χ1v) is 14.0. The van der Waals surface area contributed by atoms with E-state index in [1.165, 1.54) is 6.42 Å². The Morgan fingerprint density at radius 2 is 1.81 bits per heavy atom. The monoisotopic (exact) mass is 444 g/mol. The van der Waals surface area contributed by atoms with Crippen LogP contribution in [-0.4, -0.2) is 50.0 Å². The highest BCUT2D eigenvalue weighted by Crippen LogP contribution is 2.74. The van der Waals surface area contributed by atoms with Crippen LogP contribution >= 0.6 is 15.9 Å². The maximum absolute atomic E-state index is 6.85. The van der Waals surface area contributed by atoms with Crippen LogP contribution < -0.4 is 0 Å². The lowest BCUT2D eigenvalue weighted by Gasteiger charge is -2.47. The van der Waals surface area contributed by atoms with Crippen molar-refractivity contribution in [1.29, 1.82) is 0 Å². The van der Waals surface area contributed by atoms with Crippen LogP contribution in [0.1, 0.15) is 41.0 Å². The Kier molecular flexibility index (Phi) is 3.69. The lowest BCUT2D eigenvalue weighted by molar-refractivity contribution is -0.184. The zero-order chi connectivity index (χ0) is 18.9. The van der Waals surface area contributed by atoms with Crippen molar-refractivity contribution in [3.63, 3.8) is 0 Å². The summed E-state index contributed by atoms with van der Waals surface area (Å²) in [5, 5.41) is 0.216. The van der Waals surface area contributed by atoms with Gasteiger partial charge in [-0.1, -0.05) is 36.7 Å². The molecule has 5 fully saturated rings. The second-order valence-corrected chi connectivity index (χ2v) is 17.1. The molecule has 0 amide bonds. The van der Waals surface area contributed by atoms with Gasteiger partial charge in [-0.3, -0.25) is 0 Å². The summed E-state index contributed by atoms with van der Waals surface area (Å²) in [5.41, 5.74) is 0.0322. The SMILES string of the molecule is CC1(C)O[C@H]2[C@@H](O1)[C@]1(CO[Si](C)(C)C(C)(C)C)C3CC4C(O[C@H]2C41)C3Br. The standard InChI is InChI=1S/C20H33BrO4Si/c1-18(2,3)26(6,7)22-9-20-11-8-10-12(20)15(23-14(10)13(11)21)16-17(20)25-19(4,5)24-16/h10-17H,8-9H2,1-7H3/t10?,11?,12?,13?,14?,15-,16+,17+,20+/m0/s1. The smallest absolute Gasteiger partial charge is 0.192 e. The first-order chi connectivity index (χ1) is 11.9. The molecule has 2 bridgehead atoms. The van der Waals surface area contributed by atoms with Gasteiger partial charge in [-0.2, -0.15) is 0 Å². The maximum atomic E-state index is 6.85. The van der Waals surface area contributed by atoms with Gasteiger partial charge in [0.1, 0.15) is 6.10 Å². The van der Waals surface area contributed by atoms with Gasteiger partial charge in [0, 0.05) is 22.8 Å². The number of rotatable bonds is 3. The Morgan fingerprint density at radius 3 is 2.46 bits per heavy atom. The summed E-state index contributed by atoms with van der Waals surface area (Å²) in [6.45, 7) is 16.5. The summed E-state index contributed by atoms with van der Waals surface area (Å²) in [6, 6.07) is 0. The van der Waals surface area contributed by atoms with Crippen molar-refractivity contribution < 1.29 is 18.6 Å². The van der Waals surface area contributed by atoms with Crippen molar-refractivity contribution in [2.75, 3.05) is 6.61 Å². The Labute approximate surface area is 166 Å². The molecule has 5 unspecified atom stereocenters. The number of fused-ring (bicyclic) bond motifs is 5. The minimum atomic E-state index is -1.83. The molecule has 5 rings (SSSR count). The average Bonchev–Trinajstić information content (AvgIpc) is 3.19. The van der Waals surface area contributed by atoms with Gasteiger partial charge in [0.15, 0.2) is 14.1 Å². The molecular formula is C20H33BrO4Si. The van der Waals surface area contributed by atoms with Crippen molar-refractivity contribution in [2.45, 2.75) is 94.2 Å². The molecule has 2 saturated heterocycles.